The van der Waals surface area contributed by atoms with Crippen molar-refractivity contribution in [2.24, 2.45) is 0 Å². The first kappa shape index (κ1) is 16.0. The Morgan fingerprint density at radius 1 is 1.00 bits per heavy atom. The molecule has 2 nitrogen and oxygen atoms in total. The van der Waals surface area contributed by atoms with Crippen LogP contribution in [-0.4, -0.2) is 11.5 Å². The molecule has 2 aromatic rings. The first-order valence-corrected chi connectivity index (χ1v) is 8.94. The number of rotatable bonds is 9. The summed E-state index contributed by atoms with van der Waals surface area (Å²) in [5, 5.41) is 6.74. The third-order valence-corrected chi connectivity index (χ3v) is 4.43. The Bertz CT molecular complexity index is 516. The van der Waals surface area contributed by atoms with Gasteiger partial charge in [0.05, 0.1) is 10.7 Å². The number of hydrogen-bond donors (Lipinski definition) is 1. The number of nitrogens with zero attached hydrogens (tertiary/aromatic N) is 1. The molecule has 0 fully saturated rings. The molecule has 2 rings (SSSR count). The molecule has 0 aliphatic carbocycles. The highest BCUT2D eigenvalue weighted by Gasteiger charge is 2.01. The van der Waals surface area contributed by atoms with Crippen molar-refractivity contribution >= 4 is 17.0 Å². The van der Waals surface area contributed by atoms with Gasteiger partial charge in [0.15, 0.2) is 0 Å². The lowest BCUT2D eigenvalue weighted by atomic mass is 10.1. The van der Waals surface area contributed by atoms with Crippen molar-refractivity contribution in [3.05, 3.63) is 34.7 Å². The molecular weight excluding hydrogens is 276 g/mol. The van der Waals surface area contributed by atoms with Gasteiger partial charge in [-0.15, -0.1) is 11.3 Å². The lowest BCUT2D eigenvalue weighted by Gasteiger charge is -2.07. The molecule has 0 bridgehead atoms. The first-order valence-electron chi connectivity index (χ1n) is 8.06. The summed E-state index contributed by atoms with van der Waals surface area (Å²) in [5.74, 6) is 0. The van der Waals surface area contributed by atoms with Crippen LogP contribution in [0.3, 0.4) is 0 Å². The summed E-state index contributed by atoms with van der Waals surface area (Å²) in [6.45, 7) is 5.38. The SMILES string of the molecule is CCCCCCCCNc1ccc(-c2csc(C)n2)cc1. The molecule has 0 radical (unpaired) electrons. The van der Waals surface area contributed by atoms with E-state index in [0.717, 1.165) is 17.2 Å². The third-order valence-electron chi connectivity index (χ3n) is 3.66. The summed E-state index contributed by atoms with van der Waals surface area (Å²) < 4.78 is 0. The lowest BCUT2D eigenvalue weighted by molar-refractivity contribution is 0.617. The number of anilines is 1. The molecule has 0 saturated heterocycles. The lowest BCUT2D eigenvalue weighted by Crippen LogP contribution is -2.01. The molecule has 21 heavy (non-hydrogen) atoms. The molecule has 3 heteroatoms. The monoisotopic (exact) mass is 302 g/mol. The van der Waals surface area contributed by atoms with Crippen LogP contribution in [0.1, 0.15) is 50.5 Å². The Morgan fingerprint density at radius 3 is 2.38 bits per heavy atom. The second-order valence-corrected chi connectivity index (χ2v) is 6.59. The van der Waals surface area contributed by atoms with Crippen LogP contribution in [0.25, 0.3) is 11.3 Å². The normalized spacial score (nSPS) is 10.8. The maximum absolute atomic E-state index is 4.52. The van der Waals surface area contributed by atoms with Crippen molar-refractivity contribution in [3.8, 4) is 11.3 Å². The summed E-state index contributed by atoms with van der Waals surface area (Å²) in [6, 6.07) is 8.61. The van der Waals surface area contributed by atoms with E-state index in [1.807, 2.05) is 6.92 Å². The van der Waals surface area contributed by atoms with Gasteiger partial charge in [0, 0.05) is 23.2 Å². The van der Waals surface area contributed by atoms with Crippen molar-refractivity contribution < 1.29 is 0 Å². The van der Waals surface area contributed by atoms with E-state index in [9.17, 15) is 0 Å². The zero-order valence-corrected chi connectivity index (χ0v) is 14.0. The minimum Gasteiger partial charge on any atom is -0.385 e. The van der Waals surface area contributed by atoms with Gasteiger partial charge in [-0.2, -0.15) is 0 Å². The van der Waals surface area contributed by atoms with E-state index in [4.69, 9.17) is 0 Å². The predicted molar refractivity (Wildman–Crippen MR) is 94.2 cm³/mol. The quantitative estimate of drug-likeness (QED) is 0.584. The highest BCUT2D eigenvalue weighted by atomic mass is 32.1. The topological polar surface area (TPSA) is 24.9 Å². The number of aromatic nitrogens is 1. The molecule has 1 aromatic heterocycles. The average Bonchev–Trinajstić information content (AvgIpc) is 2.93. The van der Waals surface area contributed by atoms with Crippen LogP contribution in [0.5, 0.6) is 0 Å². The third kappa shape index (κ3) is 5.50. The molecule has 0 saturated carbocycles. The molecule has 1 heterocycles. The van der Waals surface area contributed by atoms with Crippen LogP contribution in [0.2, 0.25) is 0 Å². The molecule has 0 atom stereocenters. The predicted octanol–water partition coefficient (Wildman–Crippen LogP) is 5.89. The second-order valence-electron chi connectivity index (χ2n) is 5.52. The van der Waals surface area contributed by atoms with Crippen LogP contribution in [0, 0.1) is 6.92 Å². The van der Waals surface area contributed by atoms with E-state index in [2.05, 4.69) is 46.9 Å². The van der Waals surface area contributed by atoms with E-state index in [1.165, 1.54) is 49.8 Å². The van der Waals surface area contributed by atoms with Crippen LogP contribution in [-0.2, 0) is 0 Å². The van der Waals surface area contributed by atoms with Gasteiger partial charge in [-0.1, -0.05) is 51.2 Å². The molecule has 1 aromatic carbocycles. The first-order chi connectivity index (χ1) is 10.3. The van der Waals surface area contributed by atoms with E-state index in [1.54, 1.807) is 11.3 Å². The van der Waals surface area contributed by atoms with E-state index < -0.39 is 0 Å². The molecule has 1 N–H and O–H groups in total. The second kappa shape index (κ2) is 8.83. The smallest absolute Gasteiger partial charge is 0.0901 e. The van der Waals surface area contributed by atoms with Crippen LogP contribution >= 0.6 is 11.3 Å². The Balaban J connectivity index is 1.70. The largest absolute Gasteiger partial charge is 0.385 e. The number of thiazole rings is 1. The standard InChI is InChI=1S/C18H26N2S/c1-3-4-5-6-7-8-13-19-17-11-9-16(10-12-17)18-14-21-15(2)20-18/h9-12,14,19H,3-8,13H2,1-2H3. The molecule has 0 aliphatic heterocycles. The Hall–Kier alpha value is -1.35. The van der Waals surface area contributed by atoms with Crippen LogP contribution in [0.15, 0.2) is 29.6 Å². The maximum Gasteiger partial charge on any atom is 0.0901 e. The molecule has 0 aliphatic rings. The molecule has 0 unspecified atom stereocenters. The fourth-order valence-electron chi connectivity index (χ4n) is 2.39. The average molecular weight is 302 g/mol. The van der Waals surface area contributed by atoms with Crippen molar-refractivity contribution in [1.82, 2.24) is 4.98 Å². The van der Waals surface area contributed by atoms with Gasteiger partial charge in [-0.3, -0.25) is 0 Å². The van der Waals surface area contributed by atoms with Crippen molar-refractivity contribution in [2.75, 3.05) is 11.9 Å². The zero-order chi connectivity index (χ0) is 14.9. The molecule has 0 amide bonds. The van der Waals surface area contributed by atoms with E-state index in [-0.39, 0.29) is 0 Å². The minimum absolute atomic E-state index is 1.07. The Morgan fingerprint density at radius 2 is 1.71 bits per heavy atom. The highest BCUT2D eigenvalue weighted by molar-refractivity contribution is 7.09. The molecule has 0 spiro atoms. The fourth-order valence-corrected chi connectivity index (χ4v) is 3.01. The number of benzene rings is 1. The van der Waals surface area contributed by atoms with Gasteiger partial charge >= 0.3 is 0 Å². The zero-order valence-electron chi connectivity index (χ0n) is 13.2. The molecule has 114 valence electrons. The summed E-state index contributed by atoms with van der Waals surface area (Å²) in [7, 11) is 0. The number of nitrogens with one attached hydrogen (secondary N) is 1. The number of aryl methyl sites for hydroxylation is 1. The maximum atomic E-state index is 4.52. The fraction of sp³-hybridized carbons (Fsp3) is 0.500. The summed E-state index contributed by atoms with van der Waals surface area (Å²) >= 11 is 1.70. The number of hydrogen-bond acceptors (Lipinski definition) is 3. The highest BCUT2D eigenvalue weighted by Crippen LogP contribution is 2.23. The Labute approximate surface area is 132 Å². The van der Waals surface area contributed by atoms with Crippen LogP contribution < -0.4 is 5.32 Å². The van der Waals surface area contributed by atoms with Crippen molar-refractivity contribution in [2.45, 2.75) is 52.4 Å². The van der Waals surface area contributed by atoms with Gasteiger partial charge in [0.2, 0.25) is 0 Å². The van der Waals surface area contributed by atoms with Crippen molar-refractivity contribution in [3.63, 3.8) is 0 Å². The minimum atomic E-state index is 1.07. The van der Waals surface area contributed by atoms with E-state index in [0.29, 0.717) is 0 Å². The van der Waals surface area contributed by atoms with Crippen LogP contribution in [0.4, 0.5) is 5.69 Å². The number of unbranched alkanes of at least 4 members (excludes halogenated alkanes) is 5. The van der Waals surface area contributed by atoms with Gasteiger partial charge in [-0.25, -0.2) is 4.98 Å². The Kier molecular flexibility index (Phi) is 6.74. The molecular formula is C18H26N2S. The van der Waals surface area contributed by atoms with Gasteiger partial charge in [-0.05, 0) is 25.5 Å². The van der Waals surface area contributed by atoms with Gasteiger partial charge in [0.1, 0.15) is 0 Å². The summed E-state index contributed by atoms with van der Waals surface area (Å²) in [6.07, 6.45) is 8.06. The summed E-state index contributed by atoms with van der Waals surface area (Å²) in [5.41, 5.74) is 3.49. The van der Waals surface area contributed by atoms with Crippen molar-refractivity contribution in [1.29, 1.82) is 0 Å². The van der Waals surface area contributed by atoms with Gasteiger partial charge in [0.25, 0.3) is 0 Å². The summed E-state index contributed by atoms with van der Waals surface area (Å²) in [4.78, 5) is 4.52. The van der Waals surface area contributed by atoms with Gasteiger partial charge < -0.3 is 5.32 Å². The van der Waals surface area contributed by atoms with E-state index >= 15 is 0 Å².